The summed E-state index contributed by atoms with van der Waals surface area (Å²) in [7, 11) is 0. The molecule has 7 heteroatoms. The number of aromatic nitrogens is 2. The molecule has 3 aromatic rings. The third-order valence-corrected chi connectivity index (χ3v) is 5.55. The van der Waals surface area contributed by atoms with Crippen LogP contribution in [0, 0.1) is 5.92 Å². The van der Waals surface area contributed by atoms with Gasteiger partial charge in [0, 0.05) is 16.5 Å². The van der Waals surface area contributed by atoms with E-state index in [2.05, 4.69) is 29.4 Å². The molecule has 0 saturated heterocycles. The highest BCUT2D eigenvalue weighted by Gasteiger charge is 2.18. The summed E-state index contributed by atoms with van der Waals surface area (Å²) in [5.74, 6) is 0.270. The van der Waals surface area contributed by atoms with Gasteiger partial charge in [0.25, 0.3) is 5.91 Å². The van der Waals surface area contributed by atoms with Crippen molar-refractivity contribution >= 4 is 55.4 Å². The quantitative estimate of drug-likeness (QED) is 0.730. The zero-order valence-corrected chi connectivity index (χ0v) is 14.5. The fourth-order valence-corrected chi connectivity index (χ4v) is 4.41. The number of nitrogens with one attached hydrogen (secondary N) is 1. The number of hydrogen-bond donors (Lipinski definition) is 1. The smallest absolute Gasteiger partial charge is 0.269 e. The topological polar surface area (TPSA) is 54.9 Å². The Bertz CT molecular complexity index is 825. The molecule has 0 fully saturated rings. The van der Waals surface area contributed by atoms with Crippen molar-refractivity contribution in [2.45, 2.75) is 20.3 Å². The van der Waals surface area contributed by atoms with E-state index in [0.29, 0.717) is 20.9 Å². The number of halogens is 1. The molecule has 2 aromatic heterocycles. The van der Waals surface area contributed by atoms with Gasteiger partial charge in [-0.2, -0.15) is 0 Å². The van der Waals surface area contributed by atoms with Crippen molar-refractivity contribution in [3.8, 4) is 0 Å². The van der Waals surface area contributed by atoms with Crippen LogP contribution >= 0.6 is 34.3 Å². The number of thiophene rings is 1. The average molecular weight is 352 g/mol. The zero-order chi connectivity index (χ0) is 15.7. The molecule has 114 valence electrons. The minimum atomic E-state index is -0.238. The summed E-state index contributed by atoms with van der Waals surface area (Å²) in [4.78, 5) is 12.9. The van der Waals surface area contributed by atoms with Gasteiger partial charge in [0.1, 0.15) is 9.88 Å². The number of carbonyl (C=O) groups is 1. The number of fused-ring (bicyclic) bond motifs is 1. The van der Waals surface area contributed by atoms with E-state index in [1.165, 1.54) is 22.7 Å². The van der Waals surface area contributed by atoms with Gasteiger partial charge in [-0.25, -0.2) is 0 Å². The largest absolute Gasteiger partial charge is 0.296 e. The average Bonchev–Trinajstić information content (AvgIpc) is 3.04. The van der Waals surface area contributed by atoms with E-state index in [0.717, 1.165) is 21.5 Å². The highest BCUT2D eigenvalue weighted by atomic mass is 35.5. The van der Waals surface area contributed by atoms with E-state index < -0.39 is 0 Å². The lowest BCUT2D eigenvalue weighted by molar-refractivity contribution is 0.103. The van der Waals surface area contributed by atoms with Crippen molar-refractivity contribution in [1.29, 1.82) is 0 Å². The van der Waals surface area contributed by atoms with Crippen LogP contribution in [0.1, 0.15) is 28.5 Å². The minimum absolute atomic E-state index is 0.238. The summed E-state index contributed by atoms with van der Waals surface area (Å²) in [6.45, 7) is 4.24. The number of benzene rings is 1. The third-order valence-electron chi connectivity index (χ3n) is 3.01. The second kappa shape index (κ2) is 6.32. The molecule has 0 radical (unpaired) electrons. The SMILES string of the molecule is CC(C)Cc1nnc(NC(=O)c2sc3ccccc3c2Cl)s1. The first-order valence-corrected chi connectivity index (χ1v) is 8.86. The van der Waals surface area contributed by atoms with Gasteiger partial charge in [0.2, 0.25) is 5.13 Å². The van der Waals surface area contributed by atoms with Gasteiger partial charge in [0.05, 0.1) is 5.02 Å². The van der Waals surface area contributed by atoms with Crippen molar-refractivity contribution in [3.05, 3.63) is 39.2 Å². The normalized spacial score (nSPS) is 11.3. The van der Waals surface area contributed by atoms with Gasteiger partial charge in [-0.1, -0.05) is 55.0 Å². The Morgan fingerprint density at radius 3 is 2.77 bits per heavy atom. The molecule has 1 amide bonds. The highest BCUT2D eigenvalue weighted by Crippen LogP contribution is 2.35. The van der Waals surface area contributed by atoms with Gasteiger partial charge >= 0.3 is 0 Å². The van der Waals surface area contributed by atoms with E-state index in [1.54, 1.807) is 0 Å². The Morgan fingerprint density at radius 2 is 2.05 bits per heavy atom. The van der Waals surface area contributed by atoms with Gasteiger partial charge < -0.3 is 0 Å². The number of nitrogens with zero attached hydrogens (tertiary/aromatic N) is 2. The van der Waals surface area contributed by atoms with E-state index in [-0.39, 0.29) is 5.91 Å². The van der Waals surface area contributed by atoms with Crippen LogP contribution < -0.4 is 5.32 Å². The molecule has 1 N–H and O–H groups in total. The standard InChI is InChI=1S/C15H14ClN3OS2/c1-8(2)7-11-18-19-15(22-11)17-14(20)13-12(16)9-5-3-4-6-10(9)21-13/h3-6,8H,7H2,1-2H3,(H,17,19,20). The molecule has 0 spiro atoms. The van der Waals surface area contributed by atoms with Crippen LogP contribution in [0.4, 0.5) is 5.13 Å². The number of hydrogen-bond acceptors (Lipinski definition) is 5. The molecule has 0 aliphatic heterocycles. The number of rotatable bonds is 4. The Hall–Kier alpha value is -1.50. The molecule has 0 atom stereocenters. The fourth-order valence-electron chi connectivity index (χ4n) is 2.05. The van der Waals surface area contributed by atoms with Crippen LogP contribution in [0.2, 0.25) is 5.02 Å². The summed E-state index contributed by atoms with van der Waals surface area (Å²) >= 11 is 9.09. The summed E-state index contributed by atoms with van der Waals surface area (Å²) in [6, 6.07) is 7.70. The zero-order valence-electron chi connectivity index (χ0n) is 12.1. The van der Waals surface area contributed by atoms with E-state index in [1.807, 2.05) is 24.3 Å². The highest BCUT2D eigenvalue weighted by molar-refractivity contribution is 7.22. The maximum absolute atomic E-state index is 12.4. The van der Waals surface area contributed by atoms with E-state index in [4.69, 9.17) is 11.6 Å². The molecule has 3 rings (SSSR count). The van der Waals surface area contributed by atoms with Crippen molar-refractivity contribution in [2.24, 2.45) is 5.92 Å². The molecular formula is C15H14ClN3OS2. The first-order valence-electron chi connectivity index (χ1n) is 6.85. The molecule has 0 unspecified atom stereocenters. The molecule has 22 heavy (non-hydrogen) atoms. The molecule has 2 heterocycles. The lowest BCUT2D eigenvalue weighted by atomic mass is 10.1. The van der Waals surface area contributed by atoms with Gasteiger partial charge in [-0.15, -0.1) is 21.5 Å². The van der Waals surface area contributed by atoms with E-state index >= 15 is 0 Å². The summed E-state index contributed by atoms with van der Waals surface area (Å²) in [5.41, 5.74) is 0. The lowest BCUT2D eigenvalue weighted by Gasteiger charge is -1.99. The van der Waals surface area contributed by atoms with Crippen LogP contribution in [-0.4, -0.2) is 16.1 Å². The monoisotopic (exact) mass is 351 g/mol. The second-order valence-corrected chi connectivity index (χ2v) is 7.79. The van der Waals surface area contributed by atoms with Gasteiger partial charge in [-0.3, -0.25) is 10.1 Å². The van der Waals surface area contributed by atoms with Crippen molar-refractivity contribution in [1.82, 2.24) is 10.2 Å². The van der Waals surface area contributed by atoms with Crippen LogP contribution in [0.25, 0.3) is 10.1 Å². The van der Waals surface area contributed by atoms with Crippen LogP contribution in [0.15, 0.2) is 24.3 Å². The Labute approximate surface area is 141 Å². The molecule has 0 aliphatic rings. The summed E-state index contributed by atoms with van der Waals surface area (Å²) in [5, 5.41) is 13.7. The summed E-state index contributed by atoms with van der Waals surface area (Å²) < 4.78 is 0.996. The van der Waals surface area contributed by atoms with Crippen molar-refractivity contribution in [3.63, 3.8) is 0 Å². The predicted molar refractivity (Wildman–Crippen MR) is 93.2 cm³/mol. The van der Waals surface area contributed by atoms with Gasteiger partial charge in [0.15, 0.2) is 0 Å². The first kappa shape index (κ1) is 15.4. The maximum atomic E-state index is 12.4. The lowest BCUT2D eigenvalue weighted by Crippen LogP contribution is -2.10. The fraction of sp³-hybridized carbons (Fsp3) is 0.267. The first-order chi connectivity index (χ1) is 10.5. The van der Waals surface area contributed by atoms with E-state index in [9.17, 15) is 4.79 Å². The van der Waals surface area contributed by atoms with Crippen LogP contribution in [0.3, 0.4) is 0 Å². The number of carbonyl (C=O) groups excluding carboxylic acids is 1. The Kier molecular flexibility index (Phi) is 4.42. The maximum Gasteiger partial charge on any atom is 0.269 e. The predicted octanol–water partition coefficient (Wildman–Crippen LogP) is 4.86. The van der Waals surface area contributed by atoms with Crippen molar-refractivity contribution < 1.29 is 4.79 Å². The molecule has 0 saturated carbocycles. The molecule has 0 bridgehead atoms. The molecule has 4 nitrogen and oxygen atoms in total. The summed E-state index contributed by atoms with van der Waals surface area (Å²) in [6.07, 6.45) is 0.858. The van der Waals surface area contributed by atoms with Crippen LogP contribution in [0.5, 0.6) is 0 Å². The van der Waals surface area contributed by atoms with Gasteiger partial charge in [-0.05, 0) is 12.0 Å². The molecule has 1 aromatic carbocycles. The number of amides is 1. The molecule has 0 aliphatic carbocycles. The second-order valence-electron chi connectivity index (χ2n) is 5.29. The van der Waals surface area contributed by atoms with Crippen molar-refractivity contribution in [2.75, 3.05) is 5.32 Å². The minimum Gasteiger partial charge on any atom is -0.296 e. The molecular weight excluding hydrogens is 338 g/mol. The third kappa shape index (κ3) is 3.14. The van der Waals surface area contributed by atoms with Crippen LogP contribution in [-0.2, 0) is 6.42 Å². The Balaban J connectivity index is 1.81. The Morgan fingerprint density at radius 1 is 1.27 bits per heavy atom. The number of anilines is 1.